The van der Waals surface area contributed by atoms with E-state index in [9.17, 15) is 9.59 Å². The molecule has 1 saturated carbocycles. The minimum absolute atomic E-state index is 0.0360. The average Bonchev–Trinajstić information content (AvgIpc) is 3.04. The molecule has 4 nitrogen and oxygen atoms in total. The van der Waals surface area contributed by atoms with Crippen LogP contribution in [0.1, 0.15) is 19.3 Å². The van der Waals surface area contributed by atoms with E-state index in [-0.39, 0.29) is 11.8 Å². The van der Waals surface area contributed by atoms with Crippen molar-refractivity contribution >= 4 is 11.8 Å². The Balaban J connectivity index is 1.90. The Hall–Kier alpha value is -0.900. The van der Waals surface area contributed by atoms with Gasteiger partial charge in [0.25, 0.3) is 0 Å². The maximum absolute atomic E-state index is 11.5. The van der Waals surface area contributed by atoms with Crippen molar-refractivity contribution in [2.75, 3.05) is 26.7 Å². The molecule has 0 N–H and O–H groups in total. The Morgan fingerprint density at radius 2 is 2.27 bits per heavy atom. The topological polar surface area (TPSA) is 46.6 Å². The number of nitrogens with zero attached hydrogens (tertiary/aromatic N) is 1. The SMILES string of the molecule is COC(=O)C1CN(CC2CC2)CCC1=O. The van der Waals surface area contributed by atoms with Crippen LogP contribution >= 0.6 is 0 Å². The number of methoxy groups -OCH3 is 1. The lowest BCUT2D eigenvalue weighted by molar-refractivity contribution is -0.151. The molecule has 84 valence electrons. The van der Waals surface area contributed by atoms with Crippen LogP contribution in [0.2, 0.25) is 0 Å². The minimum atomic E-state index is -0.539. The molecule has 0 spiro atoms. The molecular weight excluding hydrogens is 194 g/mol. The predicted molar refractivity (Wildman–Crippen MR) is 54.3 cm³/mol. The number of carbonyl (C=O) groups excluding carboxylic acids is 2. The van der Waals surface area contributed by atoms with Crippen LogP contribution < -0.4 is 0 Å². The normalized spacial score (nSPS) is 27.8. The van der Waals surface area contributed by atoms with Gasteiger partial charge in [-0.05, 0) is 18.8 Å². The van der Waals surface area contributed by atoms with Crippen molar-refractivity contribution in [1.29, 1.82) is 0 Å². The van der Waals surface area contributed by atoms with Gasteiger partial charge in [0, 0.05) is 26.1 Å². The maximum Gasteiger partial charge on any atom is 0.317 e. The van der Waals surface area contributed by atoms with Crippen molar-refractivity contribution in [1.82, 2.24) is 4.90 Å². The van der Waals surface area contributed by atoms with E-state index in [4.69, 9.17) is 0 Å². The standard InChI is InChI=1S/C11H17NO3/c1-15-11(14)9-7-12(5-4-10(9)13)6-8-2-3-8/h8-9H,2-7H2,1H3. The van der Waals surface area contributed by atoms with Crippen molar-refractivity contribution in [3.8, 4) is 0 Å². The number of ketones is 1. The lowest BCUT2D eigenvalue weighted by atomic mass is 9.96. The van der Waals surface area contributed by atoms with Gasteiger partial charge in [-0.1, -0.05) is 0 Å². The molecule has 0 aromatic rings. The zero-order chi connectivity index (χ0) is 10.8. The Morgan fingerprint density at radius 1 is 1.53 bits per heavy atom. The molecule has 1 saturated heterocycles. The van der Waals surface area contributed by atoms with Crippen LogP contribution in [0.5, 0.6) is 0 Å². The summed E-state index contributed by atoms with van der Waals surface area (Å²) in [5.41, 5.74) is 0. The summed E-state index contributed by atoms with van der Waals surface area (Å²) in [6.45, 7) is 2.41. The first kappa shape index (κ1) is 10.6. The van der Waals surface area contributed by atoms with E-state index in [1.807, 2.05) is 0 Å². The smallest absolute Gasteiger partial charge is 0.317 e. The fourth-order valence-corrected chi connectivity index (χ4v) is 2.07. The molecule has 1 heterocycles. The Morgan fingerprint density at radius 3 is 2.87 bits per heavy atom. The van der Waals surface area contributed by atoms with Gasteiger partial charge in [-0.15, -0.1) is 0 Å². The summed E-state index contributed by atoms with van der Waals surface area (Å²) in [6.07, 6.45) is 3.09. The minimum Gasteiger partial charge on any atom is -0.468 e. The lowest BCUT2D eigenvalue weighted by Crippen LogP contribution is -2.45. The molecular formula is C11H17NO3. The highest BCUT2D eigenvalue weighted by molar-refractivity contribution is 5.99. The number of carbonyl (C=O) groups is 2. The lowest BCUT2D eigenvalue weighted by Gasteiger charge is -2.30. The van der Waals surface area contributed by atoms with Crippen molar-refractivity contribution in [3.05, 3.63) is 0 Å². The second kappa shape index (κ2) is 4.31. The molecule has 4 heteroatoms. The van der Waals surface area contributed by atoms with Crippen molar-refractivity contribution in [2.24, 2.45) is 11.8 Å². The fraction of sp³-hybridized carbons (Fsp3) is 0.818. The summed E-state index contributed by atoms with van der Waals surface area (Å²) in [4.78, 5) is 25.1. The van der Waals surface area contributed by atoms with Gasteiger partial charge < -0.3 is 9.64 Å². The van der Waals surface area contributed by atoms with Crippen LogP contribution in [0.15, 0.2) is 0 Å². The van der Waals surface area contributed by atoms with E-state index in [0.29, 0.717) is 13.0 Å². The predicted octanol–water partition coefficient (Wildman–Crippen LogP) is 0.460. The summed E-state index contributed by atoms with van der Waals surface area (Å²) in [6, 6.07) is 0. The number of esters is 1. The zero-order valence-corrected chi connectivity index (χ0v) is 9.07. The average molecular weight is 211 g/mol. The van der Waals surface area contributed by atoms with Gasteiger partial charge in [0.1, 0.15) is 11.7 Å². The second-order valence-corrected chi connectivity index (χ2v) is 4.50. The summed E-state index contributed by atoms with van der Waals surface area (Å²) >= 11 is 0. The highest BCUT2D eigenvalue weighted by Crippen LogP contribution is 2.30. The molecule has 1 aliphatic carbocycles. The van der Waals surface area contributed by atoms with E-state index in [1.165, 1.54) is 20.0 Å². The maximum atomic E-state index is 11.5. The number of hydrogen-bond acceptors (Lipinski definition) is 4. The van der Waals surface area contributed by atoms with Crippen LogP contribution in [0.3, 0.4) is 0 Å². The molecule has 2 rings (SSSR count). The molecule has 1 aliphatic heterocycles. The Labute approximate surface area is 89.6 Å². The quantitative estimate of drug-likeness (QED) is 0.502. The third kappa shape index (κ3) is 2.56. The molecule has 0 radical (unpaired) electrons. The number of piperidine rings is 1. The monoisotopic (exact) mass is 211 g/mol. The second-order valence-electron chi connectivity index (χ2n) is 4.50. The largest absolute Gasteiger partial charge is 0.468 e. The number of ether oxygens (including phenoxy) is 1. The summed E-state index contributed by atoms with van der Waals surface area (Å²) in [5, 5.41) is 0. The number of Topliss-reactive ketones (excluding diaryl/α,β-unsaturated/α-hetero) is 1. The van der Waals surface area contributed by atoms with Crippen molar-refractivity contribution in [2.45, 2.75) is 19.3 Å². The van der Waals surface area contributed by atoms with Crippen LogP contribution in [0, 0.1) is 11.8 Å². The first-order chi connectivity index (χ1) is 7.20. The van der Waals surface area contributed by atoms with Crippen molar-refractivity contribution in [3.63, 3.8) is 0 Å². The highest BCUT2D eigenvalue weighted by Gasteiger charge is 2.35. The van der Waals surface area contributed by atoms with Gasteiger partial charge >= 0.3 is 5.97 Å². The number of rotatable bonds is 3. The molecule has 15 heavy (non-hydrogen) atoms. The number of likely N-dealkylation sites (tertiary alicyclic amines) is 1. The molecule has 1 atom stereocenters. The van der Waals surface area contributed by atoms with Gasteiger partial charge in [0.05, 0.1) is 7.11 Å². The Bertz CT molecular complexity index is 265. The van der Waals surface area contributed by atoms with E-state index < -0.39 is 5.92 Å². The Kier molecular flexibility index (Phi) is 3.05. The molecule has 0 aromatic heterocycles. The van der Waals surface area contributed by atoms with E-state index >= 15 is 0 Å². The molecule has 0 amide bonds. The van der Waals surface area contributed by atoms with E-state index in [2.05, 4.69) is 9.64 Å². The van der Waals surface area contributed by atoms with Gasteiger partial charge in [-0.25, -0.2) is 0 Å². The van der Waals surface area contributed by atoms with Crippen molar-refractivity contribution < 1.29 is 14.3 Å². The third-order valence-corrected chi connectivity index (χ3v) is 3.20. The molecule has 2 fully saturated rings. The van der Waals surface area contributed by atoms with Crippen LogP contribution in [-0.2, 0) is 14.3 Å². The first-order valence-corrected chi connectivity index (χ1v) is 5.53. The number of hydrogen-bond donors (Lipinski definition) is 0. The van der Waals surface area contributed by atoms with E-state index in [0.717, 1.165) is 19.0 Å². The highest BCUT2D eigenvalue weighted by atomic mass is 16.5. The molecule has 0 bridgehead atoms. The fourth-order valence-electron chi connectivity index (χ4n) is 2.07. The third-order valence-electron chi connectivity index (χ3n) is 3.20. The molecule has 1 unspecified atom stereocenters. The van der Waals surface area contributed by atoms with Crippen LogP contribution in [0.4, 0.5) is 0 Å². The summed E-state index contributed by atoms with van der Waals surface area (Å²) in [5.74, 6) is -0.0756. The summed E-state index contributed by atoms with van der Waals surface area (Å²) < 4.78 is 4.64. The summed E-state index contributed by atoms with van der Waals surface area (Å²) in [7, 11) is 1.34. The van der Waals surface area contributed by atoms with Gasteiger partial charge in [0.2, 0.25) is 0 Å². The van der Waals surface area contributed by atoms with Gasteiger partial charge in [-0.2, -0.15) is 0 Å². The zero-order valence-electron chi connectivity index (χ0n) is 9.07. The first-order valence-electron chi connectivity index (χ1n) is 5.53. The van der Waals surface area contributed by atoms with Gasteiger partial charge in [0.15, 0.2) is 0 Å². The molecule has 0 aromatic carbocycles. The van der Waals surface area contributed by atoms with Crippen LogP contribution in [0.25, 0.3) is 0 Å². The van der Waals surface area contributed by atoms with Crippen LogP contribution in [-0.4, -0.2) is 43.4 Å². The van der Waals surface area contributed by atoms with E-state index in [1.54, 1.807) is 0 Å². The van der Waals surface area contributed by atoms with Gasteiger partial charge in [-0.3, -0.25) is 9.59 Å². The molecule has 2 aliphatic rings.